The third kappa shape index (κ3) is 4.34. The maximum atomic E-state index is 12.8. The summed E-state index contributed by atoms with van der Waals surface area (Å²) in [4.78, 5) is 21.2. The van der Waals surface area contributed by atoms with E-state index in [0.29, 0.717) is 32.9 Å². The Morgan fingerprint density at radius 3 is 3.08 bits per heavy atom. The molecule has 134 valence electrons. The summed E-state index contributed by atoms with van der Waals surface area (Å²) >= 11 is 0. The lowest BCUT2D eigenvalue weighted by atomic mass is 10.1. The minimum atomic E-state index is -0.276. The summed E-state index contributed by atoms with van der Waals surface area (Å²) in [6.07, 6.45) is 5.31. The average molecular weight is 336 g/mol. The van der Waals surface area contributed by atoms with Crippen molar-refractivity contribution >= 4 is 5.91 Å². The predicted molar refractivity (Wildman–Crippen MR) is 89.5 cm³/mol. The van der Waals surface area contributed by atoms with Crippen LogP contribution in [0.25, 0.3) is 0 Å². The van der Waals surface area contributed by atoms with Gasteiger partial charge in [-0.3, -0.25) is 4.79 Å². The molecule has 0 aliphatic carbocycles. The zero-order valence-electron chi connectivity index (χ0n) is 14.7. The molecule has 0 radical (unpaired) electrons. The van der Waals surface area contributed by atoms with Crippen LogP contribution in [-0.2, 0) is 27.4 Å². The average Bonchev–Trinajstić information content (AvgIpc) is 3.19. The highest BCUT2D eigenvalue weighted by Crippen LogP contribution is 2.20. The molecule has 24 heavy (non-hydrogen) atoms. The molecular weight excluding hydrogens is 308 g/mol. The fourth-order valence-electron chi connectivity index (χ4n) is 3.29. The molecule has 0 saturated carbocycles. The topological polar surface area (TPSA) is 59.8 Å². The van der Waals surface area contributed by atoms with Crippen LogP contribution in [0.5, 0.6) is 0 Å². The van der Waals surface area contributed by atoms with Crippen LogP contribution in [0.15, 0.2) is 12.4 Å². The SMILES string of the molecule is CN(C)CCOCC1CN(C(=O)[C@@H]2CCCO2)Cc2nccn2C1. The lowest BCUT2D eigenvalue weighted by Crippen LogP contribution is -2.41. The van der Waals surface area contributed by atoms with Gasteiger partial charge in [0, 0.05) is 44.6 Å². The molecule has 2 atom stereocenters. The van der Waals surface area contributed by atoms with Crippen LogP contribution in [0, 0.1) is 5.92 Å². The molecule has 0 spiro atoms. The van der Waals surface area contributed by atoms with E-state index in [2.05, 4.69) is 14.5 Å². The predicted octanol–water partition coefficient (Wildman–Crippen LogP) is 0.599. The molecule has 0 bridgehead atoms. The van der Waals surface area contributed by atoms with E-state index in [0.717, 1.165) is 31.8 Å². The van der Waals surface area contributed by atoms with Crippen LogP contribution >= 0.6 is 0 Å². The van der Waals surface area contributed by atoms with E-state index < -0.39 is 0 Å². The summed E-state index contributed by atoms with van der Waals surface area (Å²) in [6, 6.07) is 0. The Morgan fingerprint density at radius 1 is 1.46 bits per heavy atom. The van der Waals surface area contributed by atoms with Gasteiger partial charge in [-0.05, 0) is 26.9 Å². The molecular formula is C17H28N4O3. The van der Waals surface area contributed by atoms with E-state index in [1.54, 1.807) is 6.20 Å². The first kappa shape index (κ1) is 17.4. The first-order valence-electron chi connectivity index (χ1n) is 8.76. The largest absolute Gasteiger partial charge is 0.380 e. The van der Waals surface area contributed by atoms with Gasteiger partial charge in [0.05, 0.1) is 19.8 Å². The maximum Gasteiger partial charge on any atom is 0.252 e. The Hall–Kier alpha value is -1.44. The number of likely N-dealkylation sites (N-methyl/N-ethyl adjacent to an activating group) is 1. The van der Waals surface area contributed by atoms with Gasteiger partial charge in [0.25, 0.3) is 5.91 Å². The minimum absolute atomic E-state index is 0.0993. The Balaban J connectivity index is 1.63. The van der Waals surface area contributed by atoms with Crippen LogP contribution in [0.1, 0.15) is 18.7 Å². The van der Waals surface area contributed by atoms with Gasteiger partial charge < -0.3 is 23.8 Å². The normalized spacial score (nSPS) is 24.2. The number of amides is 1. The summed E-state index contributed by atoms with van der Waals surface area (Å²) in [7, 11) is 4.07. The smallest absolute Gasteiger partial charge is 0.252 e. The second-order valence-electron chi connectivity index (χ2n) is 6.96. The van der Waals surface area contributed by atoms with Crippen molar-refractivity contribution in [2.75, 3.05) is 47.0 Å². The number of carbonyl (C=O) groups is 1. The molecule has 1 saturated heterocycles. The fraction of sp³-hybridized carbons (Fsp3) is 0.765. The number of imidazole rings is 1. The Labute approximate surface area is 143 Å². The van der Waals surface area contributed by atoms with Crippen LogP contribution in [0.3, 0.4) is 0 Å². The third-order valence-electron chi connectivity index (χ3n) is 4.62. The van der Waals surface area contributed by atoms with Crippen molar-refractivity contribution in [2.24, 2.45) is 5.92 Å². The molecule has 3 heterocycles. The molecule has 1 aromatic heterocycles. The van der Waals surface area contributed by atoms with E-state index in [9.17, 15) is 4.79 Å². The van der Waals surface area contributed by atoms with Crippen molar-refractivity contribution in [3.05, 3.63) is 18.2 Å². The molecule has 2 aliphatic heterocycles. The van der Waals surface area contributed by atoms with Crippen LogP contribution in [0.2, 0.25) is 0 Å². The van der Waals surface area contributed by atoms with Crippen molar-refractivity contribution in [1.82, 2.24) is 19.4 Å². The van der Waals surface area contributed by atoms with Crippen LogP contribution < -0.4 is 0 Å². The molecule has 7 nitrogen and oxygen atoms in total. The first-order valence-corrected chi connectivity index (χ1v) is 8.76. The first-order chi connectivity index (χ1) is 11.6. The van der Waals surface area contributed by atoms with Crippen LogP contribution in [-0.4, -0.2) is 78.4 Å². The number of hydrogen-bond donors (Lipinski definition) is 0. The lowest BCUT2D eigenvalue weighted by Gasteiger charge is -2.26. The molecule has 0 N–H and O–H groups in total. The van der Waals surface area contributed by atoms with Gasteiger partial charge in [0.2, 0.25) is 0 Å². The fourth-order valence-corrected chi connectivity index (χ4v) is 3.29. The number of carbonyl (C=O) groups excluding carboxylic acids is 1. The summed E-state index contributed by atoms with van der Waals surface area (Å²) in [6.45, 7) is 5.05. The number of fused-ring (bicyclic) bond motifs is 1. The molecule has 3 rings (SSSR count). The Bertz CT molecular complexity index is 540. The summed E-state index contributed by atoms with van der Waals surface area (Å²) in [5, 5.41) is 0. The molecule has 0 aromatic carbocycles. The number of nitrogens with zero attached hydrogens (tertiary/aromatic N) is 4. The quantitative estimate of drug-likeness (QED) is 0.712. The molecule has 7 heteroatoms. The highest BCUT2D eigenvalue weighted by Gasteiger charge is 2.32. The minimum Gasteiger partial charge on any atom is -0.380 e. The molecule has 1 aromatic rings. The van der Waals surface area contributed by atoms with Crippen molar-refractivity contribution in [3.63, 3.8) is 0 Å². The Morgan fingerprint density at radius 2 is 2.33 bits per heavy atom. The van der Waals surface area contributed by atoms with Gasteiger partial charge in [0.1, 0.15) is 11.9 Å². The zero-order valence-corrected chi connectivity index (χ0v) is 14.7. The Kier molecular flexibility index (Phi) is 5.86. The van der Waals surface area contributed by atoms with E-state index >= 15 is 0 Å². The van der Waals surface area contributed by atoms with Gasteiger partial charge >= 0.3 is 0 Å². The van der Waals surface area contributed by atoms with Crippen molar-refractivity contribution in [2.45, 2.75) is 32.0 Å². The van der Waals surface area contributed by atoms with Gasteiger partial charge in [0.15, 0.2) is 0 Å². The second-order valence-corrected chi connectivity index (χ2v) is 6.96. The number of hydrogen-bond acceptors (Lipinski definition) is 5. The number of rotatable bonds is 6. The van der Waals surface area contributed by atoms with E-state index in [-0.39, 0.29) is 17.9 Å². The van der Waals surface area contributed by atoms with E-state index in [1.165, 1.54) is 0 Å². The van der Waals surface area contributed by atoms with Crippen LogP contribution in [0.4, 0.5) is 0 Å². The highest BCUT2D eigenvalue weighted by molar-refractivity contribution is 5.81. The second kappa shape index (κ2) is 8.09. The van der Waals surface area contributed by atoms with E-state index in [4.69, 9.17) is 9.47 Å². The number of ether oxygens (including phenoxy) is 2. The maximum absolute atomic E-state index is 12.8. The van der Waals surface area contributed by atoms with Crippen molar-refractivity contribution < 1.29 is 14.3 Å². The molecule has 1 fully saturated rings. The monoisotopic (exact) mass is 336 g/mol. The summed E-state index contributed by atoms with van der Waals surface area (Å²) in [5.41, 5.74) is 0. The zero-order chi connectivity index (χ0) is 16.9. The van der Waals surface area contributed by atoms with Crippen molar-refractivity contribution in [1.29, 1.82) is 0 Å². The number of aromatic nitrogens is 2. The van der Waals surface area contributed by atoms with E-state index in [1.807, 2.05) is 25.2 Å². The van der Waals surface area contributed by atoms with Gasteiger partial charge in [-0.15, -0.1) is 0 Å². The molecule has 2 aliphatic rings. The molecule has 1 amide bonds. The van der Waals surface area contributed by atoms with Gasteiger partial charge in [-0.25, -0.2) is 4.98 Å². The molecule has 1 unspecified atom stereocenters. The third-order valence-corrected chi connectivity index (χ3v) is 4.62. The van der Waals surface area contributed by atoms with Gasteiger partial charge in [-0.1, -0.05) is 0 Å². The van der Waals surface area contributed by atoms with Gasteiger partial charge in [-0.2, -0.15) is 0 Å². The summed E-state index contributed by atoms with van der Waals surface area (Å²) in [5.74, 6) is 1.31. The highest BCUT2D eigenvalue weighted by atomic mass is 16.5. The van der Waals surface area contributed by atoms with Crippen molar-refractivity contribution in [3.8, 4) is 0 Å². The lowest BCUT2D eigenvalue weighted by molar-refractivity contribution is -0.142. The standard InChI is InChI=1S/C17H28N4O3/c1-19(2)7-9-23-13-14-10-20-6-5-18-16(20)12-21(11-14)17(22)15-4-3-8-24-15/h5-6,14-15H,3-4,7-13H2,1-2H3/t14?,15-/m0/s1. The summed E-state index contributed by atoms with van der Waals surface area (Å²) < 4.78 is 13.6.